The van der Waals surface area contributed by atoms with Crippen LogP contribution in [0.3, 0.4) is 0 Å². The molecule has 6 heteroatoms. The van der Waals surface area contributed by atoms with Crippen LogP contribution in [0.15, 0.2) is 0 Å². The molecule has 0 radical (unpaired) electrons. The average molecular weight is 278 g/mol. The molecule has 1 aliphatic rings. The highest BCUT2D eigenvalue weighted by Crippen LogP contribution is 2.29. The van der Waals surface area contributed by atoms with Gasteiger partial charge in [-0.3, -0.25) is 0 Å². The molecule has 0 bridgehead atoms. The quantitative estimate of drug-likeness (QED) is 0.701. The number of methoxy groups -OCH3 is 3. The summed E-state index contributed by atoms with van der Waals surface area (Å²) in [5.41, 5.74) is 0. The van der Waals surface area contributed by atoms with Gasteiger partial charge >= 0.3 is 0 Å². The smallest absolute Gasteiger partial charge is 0.114 e. The topological polar surface area (TPSA) is 77.4 Å². The number of ether oxygens (including phenoxy) is 4. The van der Waals surface area contributed by atoms with Crippen molar-refractivity contribution in [2.24, 2.45) is 5.92 Å². The van der Waals surface area contributed by atoms with Gasteiger partial charge in [-0.25, -0.2) is 0 Å². The molecule has 0 aliphatic carbocycles. The molecular weight excluding hydrogens is 252 g/mol. The summed E-state index contributed by atoms with van der Waals surface area (Å²) >= 11 is 0. The Balaban J connectivity index is 2.91. The third-order valence-electron chi connectivity index (χ3n) is 3.59. The Morgan fingerprint density at radius 1 is 1.11 bits per heavy atom. The lowest BCUT2D eigenvalue weighted by molar-refractivity contribution is -0.264. The van der Waals surface area contributed by atoms with Crippen molar-refractivity contribution in [3.05, 3.63) is 0 Å². The van der Waals surface area contributed by atoms with Gasteiger partial charge in [0.15, 0.2) is 0 Å². The van der Waals surface area contributed by atoms with E-state index in [2.05, 4.69) is 0 Å². The van der Waals surface area contributed by atoms with Gasteiger partial charge in [0.2, 0.25) is 0 Å². The van der Waals surface area contributed by atoms with Gasteiger partial charge in [0.1, 0.15) is 30.5 Å². The van der Waals surface area contributed by atoms with Crippen LogP contribution in [0.1, 0.15) is 13.8 Å². The minimum absolute atomic E-state index is 0.0283. The fourth-order valence-corrected chi connectivity index (χ4v) is 2.47. The molecule has 1 heterocycles. The first-order valence-corrected chi connectivity index (χ1v) is 6.54. The highest BCUT2D eigenvalue weighted by molar-refractivity contribution is 4.97. The van der Waals surface area contributed by atoms with E-state index in [-0.39, 0.29) is 12.0 Å². The minimum atomic E-state index is -0.944. The Morgan fingerprint density at radius 2 is 1.68 bits per heavy atom. The fraction of sp³-hybridized carbons (Fsp3) is 1.00. The molecule has 6 nitrogen and oxygen atoms in total. The molecule has 1 unspecified atom stereocenters. The van der Waals surface area contributed by atoms with Gasteiger partial charge in [-0.2, -0.15) is 0 Å². The lowest BCUT2D eigenvalue weighted by Crippen LogP contribution is -2.63. The maximum Gasteiger partial charge on any atom is 0.114 e. The molecule has 0 aromatic carbocycles. The highest BCUT2D eigenvalue weighted by Gasteiger charge is 2.48. The van der Waals surface area contributed by atoms with Gasteiger partial charge in [-0.1, -0.05) is 13.8 Å². The second-order valence-corrected chi connectivity index (χ2v) is 5.22. The summed E-state index contributed by atoms with van der Waals surface area (Å²) in [6.07, 6.45) is -3.81. The number of aliphatic hydroxyl groups excluding tert-OH is 2. The van der Waals surface area contributed by atoms with Gasteiger partial charge in [-0.15, -0.1) is 0 Å². The van der Waals surface area contributed by atoms with Crippen molar-refractivity contribution in [3.8, 4) is 0 Å². The molecule has 2 N–H and O–H groups in total. The van der Waals surface area contributed by atoms with Crippen LogP contribution in [0.4, 0.5) is 0 Å². The molecule has 0 saturated carbocycles. The maximum atomic E-state index is 10.3. The summed E-state index contributed by atoms with van der Waals surface area (Å²) in [6.45, 7) is 4.05. The van der Waals surface area contributed by atoms with Crippen LogP contribution in [0.5, 0.6) is 0 Å². The van der Waals surface area contributed by atoms with Crippen LogP contribution in [0, 0.1) is 5.92 Å². The van der Waals surface area contributed by atoms with Crippen LogP contribution < -0.4 is 0 Å². The van der Waals surface area contributed by atoms with E-state index in [1.165, 1.54) is 14.2 Å². The van der Waals surface area contributed by atoms with Crippen molar-refractivity contribution >= 4 is 0 Å². The van der Waals surface area contributed by atoms with E-state index in [0.717, 1.165) is 0 Å². The summed E-state index contributed by atoms with van der Waals surface area (Å²) in [5.74, 6) is -0.0283. The van der Waals surface area contributed by atoms with Crippen molar-refractivity contribution in [2.75, 3.05) is 27.9 Å². The van der Waals surface area contributed by atoms with Gasteiger partial charge in [-0.05, 0) is 5.92 Å². The summed E-state index contributed by atoms with van der Waals surface area (Å²) < 4.78 is 21.5. The van der Waals surface area contributed by atoms with Crippen molar-refractivity contribution in [1.82, 2.24) is 0 Å². The summed E-state index contributed by atoms with van der Waals surface area (Å²) in [6, 6.07) is 0. The summed E-state index contributed by atoms with van der Waals surface area (Å²) in [4.78, 5) is 0. The molecule has 0 aromatic rings. The minimum Gasteiger partial charge on any atom is -0.390 e. The van der Waals surface area contributed by atoms with Gasteiger partial charge in [0, 0.05) is 21.3 Å². The van der Waals surface area contributed by atoms with E-state index in [1.54, 1.807) is 7.11 Å². The van der Waals surface area contributed by atoms with Gasteiger partial charge < -0.3 is 29.2 Å². The monoisotopic (exact) mass is 278 g/mol. The summed E-state index contributed by atoms with van der Waals surface area (Å²) in [5, 5.41) is 20.5. The second kappa shape index (κ2) is 7.52. The molecule has 1 saturated heterocycles. The molecule has 6 atom stereocenters. The van der Waals surface area contributed by atoms with Crippen LogP contribution in [-0.2, 0) is 18.9 Å². The Hall–Kier alpha value is -0.240. The predicted molar refractivity (Wildman–Crippen MR) is 69.0 cm³/mol. The molecule has 1 fully saturated rings. The van der Waals surface area contributed by atoms with Gasteiger partial charge in [0.25, 0.3) is 0 Å². The molecule has 1 aliphatic heterocycles. The first-order valence-electron chi connectivity index (χ1n) is 6.54. The van der Waals surface area contributed by atoms with Crippen LogP contribution in [-0.4, -0.2) is 74.8 Å². The van der Waals surface area contributed by atoms with Crippen molar-refractivity contribution in [3.63, 3.8) is 0 Å². The number of hydrogen-bond donors (Lipinski definition) is 2. The van der Waals surface area contributed by atoms with E-state index in [4.69, 9.17) is 18.9 Å². The number of aliphatic hydroxyl groups is 2. The fourth-order valence-electron chi connectivity index (χ4n) is 2.47. The zero-order chi connectivity index (χ0) is 14.6. The van der Waals surface area contributed by atoms with Crippen LogP contribution in [0.25, 0.3) is 0 Å². The van der Waals surface area contributed by atoms with E-state index >= 15 is 0 Å². The first-order chi connectivity index (χ1) is 8.97. The van der Waals surface area contributed by atoms with Crippen molar-refractivity contribution < 1.29 is 29.2 Å². The van der Waals surface area contributed by atoms with E-state index in [1.807, 2.05) is 13.8 Å². The molecular formula is C13H26O6. The highest BCUT2D eigenvalue weighted by atomic mass is 16.6. The lowest BCUT2D eigenvalue weighted by atomic mass is 9.88. The van der Waals surface area contributed by atoms with Gasteiger partial charge in [0.05, 0.1) is 12.7 Å². The molecule has 0 spiro atoms. The number of hydrogen-bond acceptors (Lipinski definition) is 6. The maximum absolute atomic E-state index is 10.3. The lowest BCUT2D eigenvalue weighted by Gasteiger charge is -2.45. The van der Waals surface area contributed by atoms with E-state index in [0.29, 0.717) is 6.61 Å². The predicted octanol–water partition coefficient (Wildman–Crippen LogP) is -0.192. The molecule has 0 aromatic heterocycles. The number of rotatable bonds is 6. The zero-order valence-electron chi connectivity index (χ0n) is 12.3. The molecule has 114 valence electrons. The molecule has 1 rings (SSSR count). The third kappa shape index (κ3) is 3.65. The second-order valence-electron chi connectivity index (χ2n) is 5.22. The first kappa shape index (κ1) is 16.8. The summed E-state index contributed by atoms with van der Waals surface area (Å²) in [7, 11) is 4.61. The largest absolute Gasteiger partial charge is 0.390 e. The van der Waals surface area contributed by atoms with Crippen LogP contribution >= 0.6 is 0 Å². The van der Waals surface area contributed by atoms with Crippen molar-refractivity contribution in [1.29, 1.82) is 0 Å². The Morgan fingerprint density at radius 3 is 2.11 bits per heavy atom. The van der Waals surface area contributed by atoms with E-state index < -0.39 is 30.5 Å². The third-order valence-corrected chi connectivity index (χ3v) is 3.59. The SMILES string of the molecule is COC[C@H]1O[C@@H](C(O)C(C)C)[C@H](O)[C@@H](OC)[C@@H]1OC. The zero-order valence-corrected chi connectivity index (χ0v) is 12.3. The molecule has 19 heavy (non-hydrogen) atoms. The Bertz CT molecular complexity index is 260. The van der Waals surface area contributed by atoms with Crippen molar-refractivity contribution in [2.45, 2.75) is 50.5 Å². The Labute approximate surface area is 114 Å². The molecule has 0 amide bonds. The van der Waals surface area contributed by atoms with E-state index in [9.17, 15) is 10.2 Å². The van der Waals surface area contributed by atoms with Crippen LogP contribution in [0.2, 0.25) is 0 Å². The average Bonchev–Trinajstić information content (AvgIpc) is 2.39. The Kier molecular flexibility index (Phi) is 6.65. The normalized spacial score (nSPS) is 37.6. The standard InChI is InChI=1S/C13H26O6/c1-7(2)9(14)12-10(15)13(18-5)11(17-4)8(19-12)6-16-3/h7-15H,6H2,1-5H3/t8-,9?,10+,11-,12+,13-/m1/s1.